The zero-order valence-corrected chi connectivity index (χ0v) is 8.51. The Morgan fingerprint density at radius 1 is 0.812 bits per heavy atom. The van der Waals surface area contributed by atoms with Crippen molar-refractivity contribution in [2.45, 2.75) is 0 Å². The Morgan fingerprint density at radius 3 is 1.62 bits per heavy atom. The lowest BCUT2D eigenvalue weighted by Gasteiger charge is -2.00. The largest absolute Gasteiger partial charge is 0.255 e. The van der Waals surface area contributed by atoms with E-state index in [9.17, 15) is 0 Å². The topological polar surface area (TPSA) is 25.8 Å². The summed E-state index contributed by atoms with van der Waals surface area (Å²) in [7, 11) is 0. The number of nitrogens with zero attached hydrogens (tertiary/aromatic N) is 2. The molecule has 2 rings (SSSR count). The van der Waals surface area contributed by atoms with Crippen LogP contribution in [-0.2, 0) is 0 Å². The fourth-order valence-electron chi connectivity index (χ4n) is 1.32. The molecule has 0 aliphatic rings. The number of rotatable bonds is 1. The van der Waals surface area contributed by atoms with E-state index in [0.717, 1.165) is 22.5 Å². The fraction of sp³-hybridized carbons (Fsp3) is 0. The molecule has 0 aliphatic heterocycles. The van der Waals surface area contributed by atoms with Crippen LogP contribution >= 0.6 is 0 Å². The van der Waals surface area contributed by atoms with Crippen LogP contribution in [0.4, 0.5) is 0 Å². The Labute approximate surface area is 94.4 Å². The molecule has 74 valence electrons. The highest BCUT2D eigenvalue weighted by molar-refractivity contribution is 5.58. The minimum absolute atomic E-state index is 0.729. The van der Waals surface area contributed by atoms with Gasteiger partial charge in [-0.25, -0.2) is 0 Å². The number of aromatic nitrogens is 2. The molecule has 0 saturated carbocycles. The van der Waals surface area contributed by atoms with Gasteiger partial charge in [0.2, 0.25) is 0 Å². The van der Waals surface area contributed by atoms with Crippen molar-refractivity contribution >= 4 is 0 Å². The van der Waals surface area contributed by atoms with E-state index in [0.29, 0.717) is 0 Å². The second-order valence-corrected chi connectivity index (χ2v) is 3.15. The van der Waals surface area contributed by atoms with Crippen molar-refractivity contribution in [2.75, 3.05) is 0 Å². The molecule has 2 heteroatoms. The molecule has 0 aliphatic carbocycles. The van der Waals surface area contributed by atoms with Gasteiger partial charge in [-0.05, 0) is 24.3 Å². The van der Waals surface area contributed by atoms with Crippen LogP contribution in [0.3, 0.4) is 0 Å². The van der Waals surface area contributed by atoms with Crippen LogP contribution < -0.4 is 0 Å². The summed E-state index contributed by atoms with van der Waals surface area (Å²) in [5, 5.41) is 0. The molecular weight excluding hydrogens is 196 g/mol. The van der Waals surface area contributed by atoms with Gasteiger partial charge >= 0.3 is 0 Å². The highest BCUT2D eigenvalue weighted by Gasteiger charge is 2.01. The van der Waals surface area contributed by atoms with Crippen LogP contribution in [0.15, 0.2) is 36.7 Å². The maximum Gasteiger partial charge on any atom is 0.0898 e. The zero-order valence-electron chi connectivity index (χ0n) is 8.51. The van der Waals surface area contributed by atoms with Gasteiger partial charge in [-0.3, -0.25) is 9.97 Å². The molecule has 0 atom stereocenters. The van der Waals surface area contributed by atoms with Crippen molar-refractivity contribution in [1.82, 2.24) is 9.97 Å². The third-order valence-corrected chi connectivity index (χ3v) is 2.12. The smallest absolute Gasteiger partial charge is 0.0898 e. The van der Waals surface area contributed by atoms with Gasteiger partial charge in [0.15, 0.2) is 0 Å². The van der Waals surface area contributed by atoms with E-state index < -0.39 is 0 Å². The maximum absolute atomic E-state index is 5.32. The van der Waals surface area contributed by atoms with E-state index in [1.165, 1.54) is 0 Å². The summed E-state index contributed by atoms with van der Waals surface area (Å²) in [5.74, 6) is 5.12. The third-order valence-electron chi connectivity index (χ3n) is 2.12. The second kappa shape index (κ2) is 4.29. The monoisotopic (exact) mass is 204 g/mol. The number of hydrogen-bond acceptors (Lipinski definition) is 2. The molecule has 16 heavy (non-hydrogen) atoms. The van der Waals surface area contributed by atoms with Crippen LogP contribution in [0, 0.1) is 24.7 Å². The SMILES string of the molecule is C#Cc1ccnc(-c2cc(C#C)ccn2)c1. The van der Waals surface area contributed by atoms with Gasteiger partial charge < -0.3 is 0 Å². The van der Waals surface area contributed by atoms with E-state index in [2.05, 4.69) is 21.8 Å². The van der Waals surface area contributed by atoms with Crippen molar-refractivity contribution < 1.29 is 0 Å². The van der Waals surface area contributed by atoms with E-state index in [4.69, 9.17) is 12.8 Å². The molecule has 2 aromatic heterocycles. The fourth-order valence-corrected chi connectivity index (χ4v) is 1.32. The van der Waals surface area contributed by atoms with Gasteiger partial charge in [-0.1, -0.05) is 11.8 Å². The normalized spacial score (nSPS) is 9.12. The predicted octanol–water partition coefficient (Wildman–Crippen LogP) is 2.11. The average Bonchev–Trinajstić information content (AvgIpc) is 2.39. The zero-order chi connectivity index (χ0) is 11.4. The van der Waals surface area contributed by atoms with E-state index >= 15 is 0 Å². The highest BCUT2D eigenvalue weighted by Crippen LogP contribution is 2.15. The quantitative estimate of drug-likeness (QED) is 0.665. The van der Waals surface area contributed by atoms with E-state index in [1.807, 2.05) is 12.1 Å². The Morgan fingerprint density at radius 2 is 1.25 bits per heavy atom. The first-order chi connectivity index (χ1) is 7.83. The minimum Gasteiger partial charge on any atom is -0.255 e. The first-order valence-corrected chi connectivity index (χ1v) is 4.69. The van der Waals surface area contributed by atoms with Gasteiger partial charge in [0.1, 0.15) is 0 Å². The van der Waals surface area contributed by atoms with Crippen LogP contribution in [0.1, 0.15) is 11.1 Å². The molecule has 0 bridgehead atoms. The molecule has 0 aromatic carbocycles. The van der Waals surface area contributed by atoms with Crippen molar-refractivity contribution in [3.8, 4) is 36.1 Å². The molecule has 0 amide bonds. The lowest BCUT2D eigenvalue weighted by Crippen LogP contribution is -1.89. The van der Waals surface area contributed by atoms with Crippen molar-refractivity contribution in [1.29, 1.82) is 0 Å². The standard InChI is InChI=1S/C14H8N2/c1-3-11-5-7-15-13(9-11)14-10-12(4-2)6-8-16-14/h1-2,5-10H. The summed E-state index contributed by atoms with van der Waals surface area (Å²) >= 11 is 0. The first-order valence-electron chi connectivity index (χ1n) is 4.69. The van der Waals surface area contributed by atoms with Crippen molar-refractivity contribution in [3.05, 3.63) is 47.8 Å². The molecule has 0 unspecified atom stereocenters. The van der Waals surface area contributed by atoms with Crippen molar-refractivity contribution in [3.63, 3.8) is 0 Å². The van der Waals surface area contributed by atoms with Crippen molar-refractivity contribution in [2.24, 2.45) is 0 Å². The van der Waals surface area contributed by atoms with Crippen LogP contribution in [0.5, 0.6) is 0 Å². The summed E-state index contributed by atoms with van der Waals surface area (Å²) in [5.41, 5.74) is 3.01. The Balaban J connectivity index is 2.51. The van der Waals surface area contributed by atoms with Gasteiger partial charge in [-0.2, -0.15) is 0 Å². The molecule has 0 saturated heterocycles. The lowest BCUT2D eigenvalue weighted by atomic mass is 10.1. The van der Waals surface area contributed by atoms with Gasteiger partial charge in [0.25, 0.3) is 0 Å². The average molecular weight is 204 g/mol. The summed E-state index contributed by atoms with van der Waals surface area (Å²) in [6.45, 7) is 0. The number of pyridine rings is 2. The molecule has 0 radical (unpaired) electrons. The minimum atomic E-state index is 0.729. The summed E-state index contributed by atoms with van der Waals surface area (Å²) in [4.78, 5) is 8.41. The summed E-state index contributed by atoms with van der Waals surface area (Å²) < 4.78 is 0. The van der Waals surface area contributed by atoms with Gasteiger partial charge in [-0.15, -0.1) is 12.8 Å². The highest BCUT2D eigenvalue weighted by atomic mass is 14.8. The Kier molecular flexibility index (Phi) is 2.67. The van der Waals surface area contributed by atoms with Gasteiger partial charge in [0, 0.05) is 23.5 Å². The van der Waals surface area contributed by atoms with E-state index in [1.54, 1.807) is 24.5 Å². The molecule has 2 aromatic rings. The Bertz CT molecular complexity index is 545. The molecule has 2 nitrogen and oxygen atoms in total. The molecule has 0 N–H and O–H groups in total. The molecule has 2 heterocycles. The van der Waals surface area contributed by atoms with E-state index in [-0.39, 0.29) is 0 Å². The maximum atomic E-state index is 5.32. The van der Waals surface area contributed by atoms with Gasteiger partial charge in [0.05, 0.1) is 11.4 Å². The first kappa shape index (κ1) is 9.96. The summed E-state index contributed by atoms with van der Waals surface area (Å²) in [6, 6.07) is 7.16. The molecule has 0 spiro atoms. The van der Waals surface area contributed by atoms with Crippen LogP contribution in [-0.4, -0.2) is 9.97 Å². The second-order valence-electron chi connectivity index (χ2n) is 3.15. The summed E-state index contributed by atoms with van der Waals surface area (Å²) in [6.07, 6.45) is 14.0. The molecular formula is C14H8N2. The van der Waals surface area contributed by atoms with Crippen LogP contribution in [0.2, 0.25) is 0 Å². The Hall–Kier alpha value is -2.58. The lowest BCUT2D eigenvalue weighted by molar-refractivity contribution is 1.24. The third kappa shape index (κ3) is 1.92. The molecule has 0 fully saturated rings. The number of terminal acetylenes is 2. The number of hydrogen-bond donors (Lipinski definition) is 0. The predicted molar refractivity (Wildman–Crippen MR) is 63.3 cm³/mol. The van der Waals surface area contributed by atoms with Crippen LogP contribution in [0.25, 0.3) is 11.4 Å².